The highest BCUT2D eigenvalue weighted by atomic mass is 16.5. The molecule has 104 valence electrons. The number of carbonyl (C=O) groups is 1. The monoisotopic (exact) mass is 268 g/mol. The molecular weight excluding hydrogens is 252 g/mol. The van der Waals surface area contributed by atoms with Crippen LogP contribution in [0.4, 0.5) is 0 Å². The van der Waals surface area contributed by atoms with E-state index >= 15 is 0 Å². The van der Waals surface area contributed by atoms with Crippen LogP contribution in [0.15, 0.2) is 24.3 Å². The quantitative estimate of drug-likeness (QED) is 0.528. The molecule has 0 spiro atoms. The molecule has 6 nitrogen and oxygen atoms in total. The average Bonchev–Trinajstić information content (AvgIpc) is 2.45. The number of methoxy groups -OCH3 is 1. The van der Waals surface area contributed by atoms with Gasteiger partial charge in [-0.05, 0) is 23.8 Å². The second-order valence-electron chi connectivity index (χ2n) is 3.98. The topological polar surface area (TPSA) is 107 Å². The summed E-state index contributed by atoms with van der Waals surface area (Å²) < 4.78 is 4.90. The number of phenolic OH excluding ortho intramolecular Hbond substituents is 1. The van der Waals surface area contributed by atoms with Gasteiger partial charge < -0.3 is 25.2 Å². The first-order chi connectivity index (χ1) is 8.96. The van der Waals surface area contributed by atoms with Crippen LogP contribution in [0.25, 0.3) is 6.08 Å². The average molecular weight is 268 g/mol. The van der Waals surface area contributed by atoms with Gasteiger partial charge in [0, 0.05) is 0 Å². The summed E-state index contributed by atoms with van der Waals surface area (Å²) in [5, 5.41) is 36.7. The first kappa shape index (κ1) is 15.2. The van der Waals surface area contributed by atoms with E-state index in [0.29, 0.717) is 5.56 Å². The molecule has 0 saturated heterocycles. The number of ether oxygens (including phenoxy) is 1. The molecule has 0 atom stereocenters. The number of aromatic hydroxyl groups is 1. The third kappa shape index (κ3) is 3.54. The third-order valence-corrected chi connectivity index (χ3v) is 2.61. The summed E-state index contributed by atoms with van der Waals surface area (Å²) in [6, 6.07) is 4.43. The predicted molar refractivity (Wildman–Crippen MR) is 67.8 cm³/mol. The normalized spacial score (nSPS) is 11.8. The highest BCUT2D eigenvalue weighted by Crippen LogP contribution is 2.26. The smallest absolute Gasteiger partial charge is 0.191 e. The lowest BCUT2D eigenvalue weighted by atomic mass is 9.99. The fraction of sp³-hybridized carbons (Fsp3) is 0.308. The Kier molecular flexibility index (Phi) is 5.05. The van der Waals surface area contributed by atoms with Crippen LogP contribution in [0.3, 0.4) is 0 Å². The first-order valence-electron chi connectivity index (χ1n) is 5.50. The number of carbonyl (C=O) groups excluding carboxylic acids is 1. The number of aliphatic hydroxyl groups is 3. The van der Waals surface area contributed by atoms with Crippen LogP contribution in [-0.4, -0.2) is 52.1 Å². The molecule has 0 heterocycles. The number of aliphatic hydroxyl groups excluding tert-OH is 2. The van der Waals surface area contributed by atoms with Crippen LogP contribution < -0.4 is 4.74 Å². The van der Waals surface area contributed by atoms with E-state index in [4.69, 9.17) is 14.9 Å². The Balaban J connectivity index is 2.90. The molecule has 6 heteroatoms. The van der Waals surface area contributed by atoms with Crippen molar-refractivity contribution in [1.82, 2.24) is 0 Å². The minimum Gasteiger partial charge on any atom is -0.504 e. The van der Waals surface area contributed by atoms with Crippen molar-refractivity contribution in [2.45, 2.75) is 5.60 Å². The number of hydrogen-bond acceptors (Lipinski definition) is 6. The van der Waals surface area contributed by atoms with E-state index < -0.39 is 24.6 Å². The van der Waals surface area contributed by atoms with E-state index in [1.54, 1.807) is 6.07 Å². The van der Waals surface area contributed by atoms with Gasteiger partial charge in [-0.1, -0.05) is 12.1 Å². The van der Waals surface area contributed by atoms with Gasteiger partial charge in [0.2, 0.25) is 0 Å². The Morgan fingerprint density at radius 3 is 2.53 bits per heavy atom. The number of ketones is 1. The molecule has 0 unspecified atom stereocenters. The standard InChI is InChI=1S/C13H16O6/c1-19-11-6-9(2-4-10(11)16)3-5-12(17)13(18,7-14)8-15/h2-6,14-16,18H,7-8H2,1H3/b5-3+. The summed E-state index contributed by atoms with van der Waals surface area (Å²) in [5.74, 6) is -0.605. The maximum absolute atomic E-state index is 11.6. The van der Waals surface area contributed by atoms with Crippen LogP contribution in [0.5, 0.6) is 11.5 Å². The Hall–Kier alpha value is -1.89. The first-order valence-corrected chi connectivity index (χ1v) is 5.50. The molecule has 0 aliphatic heterocycles. The molecule has 0 radical (unpaired) electrons. The molecular formula is C13H16O6. The number of hydrogen-bond donors (Lipinski definition) is 4. The van der Waals surface area contributed by atoms with E-state index in [9.17, 15) is 15.0 Å². The lowest BCUT2D eigenvalue weighted by molar-refractivity contribution is -0.141. The molecule has 0 fully saturated rings. The van der Waals surface area contributed by atoms with Crippen molar-refractivity contribution < 1.29 is 30.0 Å². The molecule has 0 aromatic heterocycles. The van der Waals surface area contributed by atoms with Crippen LogP contribution in [0, 0.1) is 0 Å². The lowest BCUT2D eigenvalue weighted by Crippen LogP contribution is -2.45. The zero-order valence-electron chi connectivity index (χ0n) is 10.4. The highest BCUT2D eigenvalue weighted by molar-refractivity contribution is 6.00. The van der Waals surface area contributed by atoms with Crippen molar-refractivity contribution in [2.75, 3.05) is 20.3 Å². The van der Waals surface area contributed by atoms with Crippen LogP contribution in [0.1, 0.15) is 5.56 Å². The highest BCUT2D eigenvalue weighted by Gasteiger charge is 2.32. The largest absolute Gasteiger partial charge is 0.504 e. The fourth-order valence-corrected chi connectivity index (χ4v) is 1.33. The molecule has 0 aliphatic rings. The van der Waals surface area contributed by atoms with Crippen molar-refractivity contribution in [2.24, 2.45) is 0 Å². The third-order valence-electron chi connectivity index (χ3n) is 2.61. The molecule has 0 aliphatic carbocycles. The van der Waals surface area contributed by atoms with E-state index in [0.717, 1.165) is 6.08 Å². The molecule has 19 heavy (non-hydrogen) atoms. The van der Waals surface area contributed by atoms with Gasteiger partial charge in [-0.15, -0.1) is 0 Å². The minimum atomic E-state index is -2.18. The second-order valence-corrected chi connectivity index (χ2v) is 3.98. The minimum absolute atomic E-state index is 0.0341. The van der Waals surface area contributed by atoms with Gasteiger partial charge in [-0.3, -0.25) is 4.79 Å². The molecule has 1 aromatic carbocycles. The van der Waals surface area contributed by atoms with Crippen molar-refractivity contribution in [3.8, 4) is 11.5 Å². The number of rotatable bonds is 6. The maximum atomic E-state index is 11.6. The van der Waals surface area contributed by atoms with E-state index in [-0.39, 0.29) is 11.5 Å². The van der Waals surface area contributed by atoms with Gasteiger partial charge in [0.05, 0.1) is 20.3 Å². The molecule has 0 bridgehead atoms. The van der Waals surface area contributed by atoms with E-state index in [1.165, 1.54) is 25.3 Å². The van der Waals surface area contributed by atoms with Crippen molar-refractivity contribution in [3.63, 3.8) is 0 Å². The van der Waals surface area contributed by atoms with E-state index in [2.05, 4.69) is 0 Å². The summed E-state index contributed by atoms with van der Waals surface area (Å²) in [6.07, 6.45) is 2.42. The molecule has 4 N–H and O–H groups in total. The Bertz CT molecular complexity index is 476. The van der Waals surface area contributed by atoms with Crippen LogP contribution >= 0.6 is 0 Å². The van der Waals surface area contributed by atoms with Crippen molar-refractivity contribution in [1.29, 1.82) is 0 Å². The Morgan fingerprint density at radius 1 is 1.37 bits per heavy atom. The van der Waals surface area contributed by atoms with Crippen molar-refractivity contribution >= 4 is 11.9 Å². The van der Waals surface area contributed by atoms with Gasteiger partial charge >= 0.3 is 0 Å². The Labute approximate surface area is 110 Å². The summed E-state index contributed by atoms with van der Waals surface area (Å²) in [5.41, 5.74) is -1.63. The summed E-state index contributed by atoms with van der Waals surface area (Å²) in [4.78, 5) is 11.6. The van der Waals surface area contributed by atoms with Gasteiger partial charge in [0.25, 0.3) is 0 Å². The molecule has 1 rings (SSSR count). The fourth-order valence-electron chi connectivity index (χ4n) is 1.33. The summed E-state index contributed by atoms with van der Waals surface area (Å²) >= 11 is 0. The van der Waals surface area contributed by atoms with Gasteiger partial charge in [0.15, 0.2) is 22.9 Å². The Morgan fingerprint density at radius 2 is 2.00 bits per heavy atom. The SMILES string of the molecule is COc1cc(/C=C/C(=O)C(O)(CO)CO)ccc1O. The van der Waals surface area contributed by atoms with Gasteiger partial charge in [-0.25, -0.2) is 0 Å². The summed E-state index contributed by atoms with van der Waals surface area (Å²) in [6.45, 7) is -1.74. The zero-order valence-corrected chi connectivity index (χ0v) is 10.4. The molecule has 0 amide bonds. The summed E-state index contributed by atoms with van der Waals surface area (Å²) in [7, 11) is 1.39. The lowest BCUT2D eigenvalue weighted by Gasteiger charge is -2.19. The van der Waals surface area contributed by atoms with Crippen LogP contribution in [0.2, 0.25) is 0 Å². The van der Waals surface area contributed by atoms with E-state index in [1.807, 2.05) is 0 Å². The van der Waals surface area contributed by atoms with Crippen LogP contribution in [-0.2, 0) is 4.79 Å². The van der Waals surface area contributed by atoms with Crippen molar-refractivity contribution in [3.05, 3.63) is 29.8 Å². The number of phenols is 1. The molecule has 0 saturated carbocycles. The maximum Gasteiger partial charge on any atom is 0.191 e. The van der Waals surface area contributed by atoms with Gasteiger partial charge in [0.1, 0.15) is 0 Å². The number of benzene rings is 1. The second kappa shape index (κ2) is 6.33. The predicted octanol–water partition coefficient (Wildman–Crippen LogP) is -0.301. The van der Waals surface area contributed by atoms with Gasteiger partial charge in [-0.2, -0.15) is 0 Å². The zero-order chi connectivity index (χ0) is 14.5. The molecule has 1 aromatic rings.